The van der Waals surface area contributed by atoms with E-state index in [1.165, 1.54) is 38.1 Å². The summed E-state index contributed by atoms with van der Waals surface area (Å²) in [7, 11) is 0.266. The Morgan fingerprint density at radius 2 is 2.07 bits per heavy atom. The highest BCUT2D eigenvalue weighted by Crippen LogP contribution is 2.22. The lowest BCUT2D eigenvalue weighted by atomic mass is 10.1. The van der Waals surface area contributed by atoms with Crippen LogP contribution in [0.1, 0.15) is 52.4 Å². The van der Waals surface area contributed by atoms with Gasteiger partial charge in [0.1, 0.15) is 9.28 Å². The van der Waals surface area contributed by atoms with E-state index in [2.05, 4.69) is 13.8 Å². The van der Waals surface area contributed by atoms with Crippen molar-refractivity contribution in [2.45, 2.75) is 64.0 Å². The monoisotopic (exact) mass is 260 g/mol. The van der Waals surface area contributed by atoms with Crippen LogP contribution in [0.15, 0.2) is 0 Å². The first-order valence-corrected chi connectivity index (χ1v) is 16.2. The van der Waals surface area contributed by atoms with Gasteiger partial charge < -0.3 is 4.43 Å². The van der Waals surface area contributed by atoms with Crippen LogP contribution < -0.4 is 0 Å². The first-order valence-electron chi connectivity index (χ1n) is 6.92. The van der Waals surface area contributed by atoms with Crippen LogP contribution in [-0.2, 0) is 4.43 Å². The minimum absolute atomic E-state index is 0.0823. The minimum atomic E-state index is -0.203. The average Bonchev–Trinajstić information content (AvgIpc) is 2.30. The van der Waals surface area contributed by atoms with E-state index in [1.807, 2.05) is 0 Å². The first kappa shape index (κ1) is 13.7. The Hall–Kier alpha value is 0.611. The lowest BCUT2D eigenvalue weighted by Gasteiger charge is -2.25. The molecule has 1 aliphatic heterocycles. The van der Waals surface area contributed by atoms with Gasteiger partial charge in [-0.05, 0) is 6.04 Å². The molecule has 0 aliphatic carbocycles. The second-order valence-electron chi connectivity index (χ2n) is 5.13. The van der Waals surface area contributed by atoms with Crippen LogP contribution in [0.25, 0.3) is 0 Å². The van der Waals surface area contributed by atoms with Crippen molar-refractivity contribution in [1.29, 1.82) is 0 Å². The van der Waals surface area contributed by atoms with Crippen molar-refractivity contribution in [2.75, 3.05) is 6.61 Å². The summed E-state index contributed by atoms with van der Waals surface area (Å²) in [5.74, 6) is 0. The fraction of sp³-hybridized carbons (Fsp3) is 1.00. The Kier molecular flexibility index (Phi) is 7.96. The summed E-state index contributed by atoms with van der Waals surface area (Å²) in [6, 6.07) is 1.54. The SMILES string of the molecule is CCCCCCCC(C)[SiH]1CCO[SiH2][SiH2]1. The van der Waals surface area contributed by atoms with E-state index in [0.29, 0.717) is 8.55 Å². The molecule has 4 heteroatoms. The summed E-state index contributed by atoms with van der Waals surface area (Å²) in [5.41, 5.74) is 1.16. The first-order chi connectivity index (χ1) is 7.34. The van der Waals surface area contributed by atoms with Gasteiger partial charge in [-0.2, -0.15) is 0 Å². The molecule has 0 saturated carbocycles. The van der Waals surface area contributed by atoms with Crippen LogP contribution in [0.3, 0.4) is 0 Å². The van der Waals surface area contributed by atoms with Crippen molar-refractivity contribution in [2.24, 2.45) is 0 Å². The fourth-order valence-corrected chi connectivity index (χ4v) is 24.1. The molecule has 1 heterocycles. The molecule has 0 aromatic carbocycles. The van der Waals surface area contributed by atoms with Gasteiger partial charge in [0.25, 0.3) is 0 Å². The van der Waals surface area contributed by atoms with E-state index in [4.69, 9.17) is 4.43 Å². The molecule has 90 valence electrons. The molecule has 2 unspecified atom stereocenters. The molecule has 0 aromatic rings. The molecule has 0 aromatic heterocycles. The smallest absolute Gasteiger partial charge is 0.140 e. The zero-order valence-electron chi connectivity index (χ0n) is 10.6. The van der Waals surface area contributed by atoms with Crippen LogP contribution >= 0.6 is 0 Å². The number of hydrogen-bond acceptors (Lipinski definition) is 1. The lowest BCUT2D eigenvalue weighted by molar-refractivity contribution is 0.366. The predicted molar refractivity (Wildman–Crippen MR) is 77.8 cm³/mol. The Labute approximate surface area is 101 Å². The van der Waals surface area contributed by atoms with Crippen molar-refractivity contribution in [3.63, 3.8) is 0 Å². The molecular formula is C11H28OSi3. The third-order valence-electron chi connectivity index (χ3n) is 3.83. The zero-order valence-corrected chi connectivity index (χ0v) is 14.6. The van der Waals surface area contributed by atoms with Gasteiger partial charge in [0, 0.05) is 23.5 Å². The molecule has 0 amide bonds. The van der Waals surface area contributed by atoms with Gasteiger partial charge in [-0.25, -0.2) is 0 Å². The molecule has 1 rings (SSSR count). The normalized spacial score (nSPS) is 27.2. The molecule has 1 fully saturated rings. The highest BCUT2D eigenvalue weighted by molar-refractivity contribution is 7.35. The largest absolute Gasteiger partial charge is 0.428 e. The van der Waals surface area contributed by atoms with Crippen molar-refractivity contribution in [3.05, 3.63) is 0 Å². The highest BCUT2D eigenvalue weighted by atomic mass is 29.5. The third kappa shape index (κ3) is 6.04. The molecular weight excluding hydrogens is 232 g/mol. The molecule has 0 spiro atoms. The highest BCUT2D eigenvalue weighted by Gasteiger charge is 2.21. The van der Waals surface area contributed by atoms with Gasteiger partial charge in [0.15, 0.2) is 0 Å². The Morgan fingerprint density at radius 3 is 2.73 bits per heavy atom. The van der Waals surface area contributed by atoms with Crippen LogP contribution in [0.2, 0.25) is 11.6 Å². The molecule has 0 bridgehead atoms. The summed E-state index contributed by atoms with van der Waals surface area (Å²) in [4.78, 5) is 0. The van der Waals surface area contributed by atoms with Crippen LogP contribution in [0.5, 0.6) is 0 Å². The second kappa shape index (κ2) is 8.73. The Bertz CT molecular complexity index is 149. The summed E-state index contributed by atoms with van der Waals surface area (Å²) in [5, 5.41) is 0. The van der Waals surface area contributed by atoms with Crippen molar-refractivity contribution in [1.82, 2.24) is 0 Å². The third-order valence-corrected chi connectivity index (χ3v) is 24.5. The number of rotatable bonds is 7. The average molecular weight is 261 g/mol. The molecule has 2 atom stereocenters. The number of hydrogen-bond donors (Lipinski definition) is 0. The molecule has 0 radical (unpaired) electrons. The Morgan fingerprint density at radius 1 is 1.27 bits per heavy atom. The maximum Gasteiger partial charge on any atom is 0.140 e. The molecule has 1 nitrogen and oxygen atoms in total. The zero-order chi connectivity index (χ0) is 10.9. The maximum atomic E-state index is 5.64. The minimum Gasteiger partial charge on any atom is -0.428 e. The summed E-state index contributed by atoms with van der Waals surface area (Å²) in [6.45, 7) is 6.02. The summed E-state index contributed by atoms with van der Waals surface area (Å²) in [6.07, 6.45) is 8.87. The lowest BCUT2D eigenvalue weighted by Crippen LogP contribution is -2.38. The maximum absolute atomic E-state index is 5.64. The van der Waals surface area contributed by atoms with Crippen molar-refractivity contribution in [3.8, 4) is 0 Å². The van der Waals surface area contributed by atoms with Crippen molar-refractivity contribution >= 4 is 26.1 Å². The van der Waals surface area contributed by atoms with E-state index in [1.54, 1.807) is 6.42 Å². The summed E-state index contributed by atoms with van der Waals surface area (Å²) < 4.78 is 5.64. The fourth-order valence-electron chi connectivity index (χ4n) is 2.59. The predicted octanol–water partition coefficient (Wildman–Crippen LogP) is 1.66. The Balaban J connectivity index is 1.99. The van der Waals surface area contributed by atoms with Gasteiger partial charge in [-0.1, -0.05) is 57.9 Å². The molecule has 1 aliphatic rings. The van der Waals surface area contributed by atoms with E-state index in [-0.39, 0.29) is 17.6 Å². The topological polar surface area (TPSA) is 9.23 Å². The molecule has 0 N–H and O–H groups in total. The van der Waals surface area contributed by atoms with E-state index in [0.717, 1.165) is 12.1 Å². The van der Waals surface area contributed by atoms with Gasteiger partial charge in [0.2, 0.25) is 0 Å². The van der Waals surface area contributed by atoms with E-state index < -0.39 is 0 Å². The van der Waals surface area contributed by atoms with Gasteiger partial charge in [0.05, 0.1) is 0 Å². The van der Waals surface area contributed by atoms with E-state index >= 15 is 0 Å². The van der Waals surface area contributed by atoms with Crippen LogP contribution in [0, 0.1) is 0 Å². The van der Waals surface area contributed by atoms with Gasteiger partial charge in [-0.15, -0.1) is 0 Å². The molecule has 15 heavy (non-hydrogen) atoms. The van der Waals surface area contributed by atoms with Crippen LogP contribution in [0.4, 0.5) is 0 Å². The second-order valence-corrected chi connectivity index (χ2v) is 21.1. The molecule has 1 saturated heterocycles. The quantitative estimate of drug-likeness (QED) is 0.500. The standard InChI is InChI=1S/C11H28OSi3/c1-3-4-5-6-7-8-11(2)15-10-9-12-13-14-15/h11,15H,3-10,13-14H2,1-2H3. The van der Waals surface area contributed by atoms with Crippen LogP contribution in [-0.4, -0.2) is 32.8 Å². The summed E-state index contributed by atoms with van der Waals surface area (Å²) >= 11 is 0. The van der Waals surface area contributed by atoms with E-state index in [9.17, 15) is 0 Å². The van der Waals surface area contributed by atoms with Crippen molar-refractivity contribution < 1.29 is 4.43 Å². The van der Waals surface area contributed by atoms with Gasteiger partial charge >= 0.3 is 0 Å². The number of unbranched alkanes of at least 4 members (excludes halogenated alkanes) is 4. The van der Waals surface area contributed by atoms with Gasteiger partial charge in [-0.3, -0.25) is 0 Å².